The Bertz CT molecular complexity index is 533. The van der Waals surface area contributed by atoms with Gasteiger partial charge in [0.25, 0.3) is 5.91 Å². The maximum Gasteiger partial charge on any atom is 0.265 e. The van der Waals surface area contributed by atoms with E-state index in [4.69, 9.17) is 5.73 Å². The molecule has 1 aliphatic carbocycles. The first-order valence-electron chi connectivity index (χ1n) is 7.37. The largest absolute Gasteiger partial charge is 0.397 e. The average Bonchev–Trinajstić information content (AvgIpc) is 3.05. The minimum atomic E-state index is 0.0351. The molecule has 2 heterocycles. The highest BCUT2D eigenvalue weighted by molar-refractivity contribution is 7.18. The van der Waals surface area contributed by atoms with Crippen LogP contribution in [-0.2, 0) is 0 Å². The lowest BCUT2D eigenvalue weighted by atomic mass is 10.1. The second-order valence-corrected chi connectivity index (χ2v) is 7.38. The number of nitrogen functional groups attached to an aromatic ring is 1. The Labute approximate surface area is 124 Å². The van der Waals surface area contributed by atoms with Crippen molar-refractivity contribution >= 4 is 27.9 Å². The first-order valence-corrected chi connectivity index (χ1v) is 8.19. The van der Waals surface area contributed by atoms with Crippen LogP contribution in [0.5, 0.6) is 0 Å². The molecule has 0 radical (unpaired) electrons. The van der Waals surface area contributed by atoms with Crippen molar-refractivity contribution in [3.63, 3.8) is 0 Å². The van der Waals surface area contributed by atoms with E-state index in [1.54, 1.807) is 30.3 Å². The van der Waals surface area contributed by atoms with Crippen molar-refractivity contribution in [3.05, 3.63) is 10.4 Å². The standard InChI is InChI=1S/C15H23N3OS/c1-9-6-7-18(8-9)15-11(10-4-5-10)12(16)13(20-15)14(19)17(2)3/h9-10H,4-8,16H2,1-3H3. The molecule has 1 aliphatic heterocycles. The Morgan fingerprint density at radius 3 is 2.55 bits per heavy atom. The summed E-state index contributed by atoms with van der Waals surface area (Å²) >= 11 is 1.60. The van der Waals surface area contributed by atoms with E-state index in [2.05, 4.69) is 11.8 Å². The van der Waals surface area contributed by atoms with E-state index in [1.807, 2.05) is 0 Å². The van der Waals surface area contributed by atoms with E-state index in [1.165, 1.54) is 29.8 Å². The van der Waals surface area contributed by atoms with Gasteiger partial charge < -0.3 is 15.5 Å². The van der Waals surface area contributed by atoms with Crippen molar-refractivity contribution in [1.29, 1.82) is 0 Å². The zero-order chi connectivity index (χ0) is 14.4. The van der Waals surface area contributed by atoms with E-state index in [0.29, 0.717) is 5.92 Å². The molecule has 4 nitrogen and oxygen atoms in total. The fourth-order valence-corrected chi connectivity index (χ4v) is 4.29. The van der Waals surface area contributed by atoms with Crippen molar-refractivity contribution in [2.75, 3.05) is 37.8 Å². The molecular weight excluding hydrogens is 270 g/mol. The van der Waals surface area contributed by atoms with Crippen LogP contribution in [0.1, 0.15) is 47.3 Å². The topological polar surface area (TPSA) is 49.6 Å². The van der Waals surface area contributed by atoms with Crippen LogP contribution in [0.2, 0.25) is 0 Å². The predicted octanol–water partition coefficient (Wildman–Crippen LogP) is 2.76. The number of thiophene rings is 1. The SMILES string of the molecule is CC1CCN(c2sc(C(=O)N(C)C)c(N)c2C2CC2)C1. The van der Waals surface area contributed by atoms with Gasteiger partial charge in [0, 0.05) is 32.7 Å². The van der Waals surface area contributed by atoms with E-state index >= 15 is 0 Å². The summed E-state index contributed by atoms with van der Waals surface area (Å²) in [7, 11) is 3.58. The number of amides is 1. The fourth-order valence-electron chi connectivity index (χ4n) is 2.93. The van der Waals surface area contributed by atoms with Crippen LogP contribution in [0.25, 0.3) is 0 Å². The molecule has 0 spiro atoms. The lowest BCUT2D eigenvalue weighted by Gasteiger charge is -2.18. The molecule has 0 bridgehead atoms. The minimum Gasteiger partial charge on any atom is -0.397 e. The first kappa shape index (κ1) is 13.7. The Hall–Kier alpha value is -1.23. The highest BCUT2D eigenvalue weighted by atomic mass is 32.1. The van der Waals surface area contributed by atoms with E-state index in [0.717, 1.165) is 29.6 Å². The van der Waals surface area contributed by atoms with Crippen LogP contribution in [0.4, 0.5) is 10.7 Å². The molecule has 1 aromatic heterocycles. The van der Waals surface area contributed by atoms with Gasteiger partial charge in [0.1, 0.15) is 4.88 Å². The average molecular weight is 293 g/mol. The van der Waals surface area contributed by atoms with E-state index < -0.39 is 0 Å². The summed E-state index contributed by atoms with van der Waals surface area (Å²) in [5.74, 6) is 1.35. The van der Waals surface area contributed by atoms with Gasteiger partial charge in [-0.2, -0.15) is 0 Å². The second kappa shape index (κ2) is 4.95. The first-order chi connectivity index (χ1) is 9.49. The predicted molar refractivity (Wildman–Crippen MR) is 84.7 cm³/mol. The molecule has 1 saturated heterocycles. The zero-order valence-corrected chi connectivity index (χ0v) is 13.3. The summed E-state index contributed by atoms with van der Waals surface area (Å²) in [6.45, 7) is 4.48. The van der Waals surface area contributed by atoms with Gasteiger partial charge in [-0.25, -0.2) is 0 Å². The summed E-state index contributed by atoms with van der Waals surface area (Å²) in [6.07, 6.45) is 3.67. The second-order valence-electron chi connectivity index (χ2n) is 6.38. The van der Waals surface area contributed by atoms with Crippen LogP contribution in [-0.4, -0.2) is 38.0 Å². The van der Waals surface area contributed by atoms with Gasteiger partial charge in [-0.05, 0) is 31.1 Å². The lowest BCUT2D eigenvalue weighted by Crippen LogP contribution is -2.21. The number of nitrogens with zero attached hydrogens (tertiary/aromatic N) is 2. The maximum atomic E-state index is 12.3. The third kappa shape index (κ3) is 2.28. The molecule has 20 heavy (non-hydrogen) atoms. The van der Waals surface area contributed by atoms with Crippen molar-refractivity contribution in [1.82, 2.24) is 4.90 Å². The number of hydrogen-bond donors (Lipinski definition) is 1. The Morgan fingerprint density at radius 1 is 1.35 bits per heavy atom. The molecule has 1 atom stereocenters. The van der Waals surface area contributed by atoms with Gasteiger partial charge in [0.2, 0.25) is 0 Å². The molecular formula is C15H23N3OS. The number of carbonyl (C=O) groups excluding carboxylic acids is 1. The van der Waals surface area contributed by atoms with Gasteiger partial charge in [-0.3, -0.25) is 4.79 Å². The summed E-state index contributed by atoms with van der Waals surface area (Å²) in [5, 5.41) is 1.26. The van der Waals surface area contributed by atoms with Crippen LogP contribution >= 0.6 is 11.3 Å². The van der Waals surface area contributed by atoms with Crippen molar-refractivity contribution < 1.29 is 4.79 Å². The number of hydrogen-bond acceptors (Lipinski definition) is 4. The van der Waals surface area contributed by atoms with Gasteiger partial charge in [-0.15, -0.1) is 11.3 Å². The van der Waals surface area contributed by atoms with E-state index in [9.17, 15) is 4.79 Å². The van der Waals surface area contributed by atoms with Crippen molar-refractivity contribution in [2.24, 2.45) is 5.92 Å². The van der Waals surface area contributed by atoms with Crippen LogP contribution in [0.15, 0.2) is 0 Å². The number of carbonyl (C=O) groups is 1. The van der Waals surface area contributed by atoms with Gasteiger partial charge >= 0.3 is 0 Å². The molecule has 1 aromatic rings. The smallest absolute Gasteiger partial charge is 0.265 e. The highest BCUT2D eigenvalue weighted by Crippen LogP contribution is 2.52. The van der Waals surface area contributed by atoms with Gasteiger partial charge in [0.05, 0.1) is 10.7 Å². The molecule has 1 saturated carbocycles. The maximum absolute atomic E-state index is 12.3. The molecule has 1 amide bonds. The number of rotatable bonds is 3. The third-order valence-electron chi connectivity index (χ3n) is 4.26. The summed E-state index contributed by atoms with van der Waals surface area (Å²) in [5.41, 5.74) is 8.32. The molecule has 2 fully saturated rings. The minimum absolute atomic E-state index is 0.0351. The normalized spacial score (nSPS) is 22.4. The Morgan fingerprint density at radius 2 is 2.05 bits per heavy atom. The monoisotopic (exact) mass is 293 g/mol. The number of anilines is 2. The van der Waals surface area contributed by atoms with Crippen LogP contribution < -0.4 is 10.6 Å². The lowest BCUT2D eigenvalue weighted by molar-refractivity contribution is 0.0833. The molecule has 0 aromatic carbocycles. The Kier molecular flexibility index (Phi) is 3.40. The summed E-state index contributed by atoms with van der Waals surface area (Å²) in [6, 6.07) is 0. The summed E-state index contributed by atoms with van der Waals surface area (Å²) < 4.78 is 0. The van der Waals surface area contributed by atoms with Gasteiger partial charge in [-0.1, -0.05) is 6.92 Å². The van der Waals surface area contributed by atoms with Crippen molar-refractivity contribution in [3.8, 4) is 0 Å². The molecule has 5 heteroatoms. The molecule has 2 N–H and O–H groups in total. The summed E-state index contributed by atoms with van der Waals surface area (Å²) in [4.78, 5) is 17.1. The van der Waals surface area contributed by atoms with Crippen LogP contribution in [0.3, 0.4) is 0 Å². The van der Waals surface area contributed by atoms with Crippen LogP contribution in [0, 0.1) is 5.92 Å². The molecule has 2 aliphatic rings. The molecule has 1 unspecified atom stereocenters. The highest BCUT2D eigenvalue weighted by Gasteiger charge is 2.36. The zero-order valence-electron chi connectivity index (χ0n) is 12.5. The molecule has 3 rings (SSSR count). The van der Waals surface area contributed by atoms with E-state index in [-0.39, 0.29) is 5.91 Å². The van der Waals surface area contributed by atoms with Crippen molar-refractivity contribution in [2.45, 2.75) is 32.1 Å². The number of nitrogens with two attached hydrogens (primary N) is 1. The molecule has 110 valence electrons. The van der Waals surface area contributed by atoms with Gasteiger partial charge in [0.15, 0.2) is 0 Å². The fraction of sp³-hybridized carbons (Fsp3) is 0.667. The third-order valence-corrected chi connectivity index (χ3v) is 5.53. The Balaban J connectivity index is 2.00. The quantitative estimate of drug-likeness (QED) is 0.932.